The molecule has 4 nitrogen and oxygen atoms in total. The molecular formula is C26H37F2NO3. The Kier molecular flexibility index (Phi) is 7.51. The first-order valence-corrected chi connectivity index (χ1v) is 12.5. The van der Waals surface area contributed by atoms with E-state index in [0.29, 0.717) is 18.4 Å². The highest BCUT2D eigenvalue weighted by Gasteiger charge is 2.50. The number of aliphatic hydroxyl groups is 1. The molecule has 0 amide bonds. The minimum Gasteiger partial charge on any atom is -0.460 e. The largest absolute Gasteiger partial charge is 0.460 e. The van der Waals surface area contributed by atoms with Crippen molar-refractivity contribution in [2.45, 2.75) is 88.3 Å². The van der Waals surface area contributed by atoms with Crippen molar-refractivity contribution < 1.29 is 23.4 Å². The number of alkyl halides is 2. The van der Waals surface area contributed by atoms with E-state index in [4.69, 9.17) is 4.74 Å². The molecule has 1 aromatic rings. The van der Waals surface area contributed by atoms with Gasteiger partial charge in [0.2, 0.25) is 0 Å². The lowest BCUT2D eigenvalue weighted by atomic mass is 9.75. The number of rotatable bonds is 6. The SMILES string of the molecule is O=C(O[C@@H]1CCC(F)(F)C1)[C@](O)(c1ccccc1)C1CCN(CC2CCCCCC2)CC1. The van der Waals surface area contributed by atoms with Crippen LogP contribution >= 0.6 is 0 Å². The minimum atomic E-state index is -2.79. The Morgan fingerprint density at radius 3 is 2.28 bits per heavy atom. The lowest BCUT2D eigenvalue weighted by Gasteiger charge is -2.41. The Morgan fingerprint density at radius 1 is 1.03 bits per heavy atom. The molecule has 0 unspecified atom stereocenters. The zero-order chi connectivity index (χ0) is 22.6. The third kappa shape index (κ3) is 5.51. The number of likely N-dealkylation sites (tertiary alicyclic amines) is 1. The second kappa shape index (κ2) is 10.2. The Bertz CT molecular complexity index is 743. The molecular weight excluding hydrogens is 412 g/mol. The van der Waals surface area contributed by atoms with Gasteiger partial charge in [0.15, 0.2) is 5.60 Å². The van der Waals surface area contributed by atoms with Crippen molar-refractivity contribution in [1.29, 1.82) is 0 Å². The van der Waals surface area contributed by atoms with Gasteiger partial charge in [0.25, 0.3) is 5.92 Å². The number of ether oxygens (including phenoxy) is 1. The number of halogens is 2. The number of hydrogen-bond donors (Lipinski definition) is 1. The molecule has 0 bridgehead atoms. The monoisotopic (exact) mass is 449 g/mol. The summed E-state index contributed by atoms with van der Waals surface area (Å²) < 4.78 is 32.7. The van der Waals surface area contributed by atoms with Crippen LogP contribution in [0.25, 0.3) is 0 Å². The number of esters is 1. The zero-order valence-electron chi connectivity index (χ0n) is 19.0. The average Bonchev–Trinajstić information content (AvgIpc) is 2.97. The van der Waals surface area contributed by atoms with Crippen molar-refractivity contribution in [3.05, 3.63) is 35.9 Å². The molecule has 0 radical (unpaired) electrons. The summed E-state index contributed by atoms with van der Waals surface area (Å²) in [4.78, 5) is 15.7. The minimum absolute atomic E-state index is 0.142. The summed E-state index contributed by atoms with van der Waals surface area (Å²) in [7, 11) is 0. The highest BCUT2D eigenvalue weighted by atomic mass is 19.3. The van der Waals surface area contributed by atoms with E-state index >= 15 is 0 Å². The van der Waals surface area contributed by atoms with Crippen molar-refractivity contribution in [2.75, 3.05) is 19.6 Å². The summed E-state index contributed by atoms with van der Waals surface area (Å²) in [6, 6.07) is 8.89. The molecule has 1 N–H and O–H groups in total. The predicted octanol–water partition coefficient (Wildman–Crippen LogP) is 5.29. The van der Waals surface area contributed by atoms with Crippen LogP contribution in [0.4, 0.5) is 8.78 Å². The van der Waals surface area contributed by atoms with Crippen LogP contribution < -0.4 is 0 Å². The molecule has 1 aromatic carbocycles. The molecule has 1 heterocycles. The summed E-state index contributed by atoms with van der Waals surface area (Å²) in [6.07, 6.45) is 7.89. The van der Waals surface area contributed by atoms with Crippen molar-refractivity contribution >= 4 is 5.97 Å². The number of carbonyl (C=O) groups excluding carboxylic acids is 1. The first-order valence-electron chi connectivity index (χ1n) is 12.5. The Hall–Kier alpha value is -1.53. The normalized spacial score (nSPS) is 27.5. The maximum atomic E-state index is 13.6. The summed E-state index contributed by atoms with van der Waals surface area (Å²) >= 11 is 0. The van der Waals surface area contributed by atoms with Crippen molar-refractivity contribution in [2.24, 2.45) is 11.8 Å². The predicted molar refractivity (Wildman–Crippen MR) is 119 cm³/mol. The first kappa shape index (κ1) is 23.6. The van der Waals surface area contributed by atoms with Gasteiger partial charge in [-0.3, -0.25) is 0 Å². The number of carbonyl (C=O) groups is 1. The first-order chi connectivity index (χ1) is 15.4. The molecule has 2 atom stereocenters. The molecule has 1 aliphatic heterocycles. The molecule has 0 spiro atoms. The lowest BCUT2D eigenvalue weighted by molar-refractivity contribution is -0.182. The Balaban J connectivity index is 1.42. The maximum absolute atomic E-state index is 13.6. The third-order valence-electron chi connectivity index (χ3n) is 7.83. The smallest absolute Gasteiger partial charge is 0.343 e. The molecule has 32 heavy (non-hydrogen) atoms. The fourth-order valence-electron chi connectivity index (χ4n) is 5.91. The van der Waals surface area contributed by atoms with Gasteiger partial charge in [0.1, 0.15) is 6.10 Å². The van der Waals surface area contributed by atoms with Gasteiger partial charge < -0.3 is 14.7 Å². The van der Waals surface area contributed by atoms with Crippen LogP contribution in [0.15, 0.2) is 30.3 Å². The number of benzene rings is 1. The zero-order valence-corrected chi connectivity index (χ0v) is 19.0. The van der Waals surface area contributed by atoms with Gasteiger partial charge in [0.05, 0.1) is 0 Å². The standard InChI is InChI=1S/C26H37F2NO3/c27-25(28)15-12-23(18-25)32-24(30)26(31,21-10-6-3-7-11-21)22-13-16-29(17-14-22)19-20-8-4-1-2-5-9-20/h3,6-7,10-11,20,22-23,31H,1-2,4-5,8-9,12-19H2/t23-,26+/m1/s1. The maximum Gasteiger partial charge on any atom is 0.343 e. The number of piperidine rings is 1. The molecule has 3 fully saturated rings. The van der Waals surface area contributed by atoms with Crippen molar-refractivity contribution in [3.8, 4) is 0 Å². The Labute approximate surface area is 190 Å². The second-order valence-corrected chi connectivity index (χ2v) is 10.2. The molecule has 6 heteroatoms. The molecule has 4 rings (SSSR count). The van der Waals surface area contributed by atoms with Crippen LogP contribution in [0.2, 0.25) is 0 Å². The van der Waals surface area contributed by atoms with Gasteiger partial charge in [-0.25, -0.2) is 13.6 Å². The second-order valence-electron chi connectivity index (χ2n) is 10.2. The summed E-state index contributed by atoms with van der Waals surface area (Å²) in [5, 5.41) is 11.7. The van der Waals surface area contributed by atoms with Crippen LogP contribution in [0.3, 0.4) is 0 Å². The van der Waals surface area contributed by atoms with E-state index in [2.05, 4.69) is 4.90 Å². The van der Waals surface area contributed by atoms with E-state index in [9.17, 15) is 18.7 Å². The van der Waals surface area contributed by atoms with Gasteiger partial charge in [-0.05, 0) is 56.7 Å². The van der Waals surface area contributed by atoms with Gasteiger partial charge in [-0.15, -0.1) is 0 Å². The average molecular weight is 450 g/mol. The van der Waals surface area contributed by atoms with E-state index in [1.807, 2.05) is 6.07 Å². The molecule has 2 saturated carbocycles. The van der Waals surface area contributed by atoms with Gasteiger partial charge in [-0.2, -0.15) is 0 Å². The van der Waals surface area contributed by atoms with Crippen LogP contribution in [0.1, 0.15) is 76.2 Å². The van der Waals surface area contributed by atoms with Crippen LogP contribution in [0.5, 0.6) is 0 Å². The molecule has 2 aliphatic carbocycles. The lowest BCUT2D eigenvalue weighted by Crippen LogP contribution is -2.50. The van der Waals surface area contributed by atoms with Crippen molar-refractivity contribution in [1.82, 2.24) is 4.90 Å². The molecule has 0 aromatic heterocycles. The summed E-state index contributed by atoms with van der Waals surface area (Å²) in [6.45, 7) is 2.77. The van der Waals surface area contributed by atoms with Crippen LogP contribution in [-0.4, -0.2) is 47.6 Å². The van der Waals surface area contributed by atoms with Crippen molar-refractivity contribution in [3.63, 3.8) is 0 Å². The van der Waals surface area contributed by atoms with E-state index in [0.717, 1.165) is 25.6 Å². The fraction of sp³-hybridized carbons (Fsp3) is 0.731. The Morgan fingerprint density at radius 2 is 1.69 bits per heavy atom. The topological polar surface area (TPSA) is 49.8 Å². The highest BCUT2D eigenvalue weighted by Crippen LogP contribution is 2.41. The molecule has 1 saturated heterocycles. The van der Waals surface area contributed by atoms with Gasteiger partial charge in [-0.1, -0.05) is 56.0 Å². The van der Waals surface area contributed by atoms with Gasteiger partial charge >= 0.3 is 5.97 Å². The summed E-state index contributed by atoms with van der Waals surface area (Å²) in [5.41, 5.74) is -1.30. The third-order valence-corrected chi connectivity index (χ3v) is 7.83. The highest BCUT2D eigenvalue weighted by molar-refractivity contribution is 5.81. The van der Waals surface area contributed by atoms with Crippen LogP contribution in [0, 0.1) is 11.8 Å². The summed E-state index contributed by atoms with van der Waals surface area (Å²) in [5.74, 6) is -3.10. The number of nitrogens with zero attached hydrogens (tertiary/aromatic N) is 1. The van der Waals surface area contributed by atoms with E-state index in [1.165, 1.54) is 38.5 Å². The fourth-order valence-corrected chi connectivity index (χ4v) is 5.91. The molecule has 3 aliphatic rings. The van der Waals surface area contributed by atoms with Gasteiger partial charge in [0, 0.05) is 25.3 Å². The van der Waals surface area contributed by atoms with Crippen LogP contribution in [-0.2, 0) is 15.1 Å². The van der Waals surface area contributed by atoms with E-state index in [1.54, 1.807) is 24.3 Å². The number of hydrogen-bond acceptors (Lipinski definition) is 4. The van der Waals surface area contributed by atoms with E-state index in [-0.39, 0.29) is 18.8 Å². The van der Waals surface area contributed by atoms with E-state index < -0.39 is 30.0 Å². The quantitative estimate of drug-likeness (QED) is 0.474. The molecule has 178 valence electrons.